The van der Waals surface area contributed by atoms with Crippen LogP contribution in [0.25, 0.3) is 0 Å². The van der Waals surface area contributed by atoms with Crippen LogP contribution in [0.3, 0.4) is 0 Å². The van der Waals surface area contributed by atoms with Crippen molar-refractivity contribution in [3.05, 3.63) is 236 Å². The largest absolute Gasteiger partial charge is 0.441 e. The highest BCUT2D eigenvalue weighted by Crippen LogP contribution is 2.41. The Bertz CT molecular complexity index is 3570. The molecule has 11 rings (SSSR count). The molecule has 5 aromatic carbocycles. The Hall–Kier alpha value is -9.14. The zero-order valence-corrected chi connectivity index (χ0v) is 43.9. The zero-order valence-electron chi connectivity index (χ0n) is 42.4. The molecular formula is C58H54Cl2F2N12O6. The van der Waals surface area contributed by atoms with E-state index in [0.29, 0.717) is 60.1 Å². The maximum absolute atomic E-state index is 13.6. The molecule has 410 valence electrons. The number of amides is 4. The van der Waals surface area contributed by atoms with Crippen molar-refractivity contribution in [3.63, 3.8) is 0 Å². The van der Waals surface area contributed by atoms with Crippen molar-refractivity contribution in [1.29, 1.82) is 0 Å². The summed E-state index contributed by atoms with van der Waals surface area (Å²) in [5, 5.41) is 22.3. The Morgan fingerprint density at radius 2 is 1.10 bits per heavy atom. The first kappa shape index (κ1) is 55.6. The predicted molar refractivity (Wildman–Crippen MR) is 296 cm³/mol. The molecule has 0 saturated heterocycles. The number of carbonyl (C=O) groups excluding carboxylic acids is 4. The van der Waals surface area contributed by atoms with Crippen LogP contribution in [0.2, 0.25) is 10.0 Å². The fourth-order valence-electron chi connectivity index (χ4n) is 10.2. The number of halogens is 4. The molecule has 0 radical (unpaired) electrons. The van der Waals surface area contributed by atoms with Crippen molar-refractivity contribution >= 4 is 58.6 Å². The minimum absolute atomic E-state index is 0. The van der Waals surface area contributed by atoms with Crippen LogP contribution in [0, 0.1) is 11.6 Å². The van der Waals surface area contributed by atoms with Crippen LogP contribution in [0.5, 0.6) is 0 Å². The first-order chi connectivity index (χ1) is 38.3. The molecule has 4 aromatic heterocycles. The normalized spacial score (nSPS) is 14.1. The maximum atomic E-state index is 13.6. The number of alkyl carbamates (subject to hydrolysis) is 2. The fraction of sp³-hybridized carbons (Fsp3) is 0.207. The number of ether oxygens (including phenoxy) is 2. The van der Waals surface area contributed by atoms with Crippen molar-refractivity contribution in [1.82, 2.24) is 49.7 Å². The van der Waals surface area contributed by atoms with E-state index >= 15 is 0 Å². The smallest absolute Gasteiger partial charge is 0.408 e. The number of aryl methyl sites for hydroxylation is 2. The molecule has 2 unspecified atom stereocenters. The third kappa shape index (κ3) is 11.7. The van der Waals surface area contributed by atoms with Crippen molar-refractivity contribution in [3.8, 4) is 0 Å². The van der Waals surface area contributed by atoms with Crippen LogP contribution in [0.15, 0.2) is 152 Å². The van der Waals surface area contributed by atoms with Crippen LogP contribution in [0.4, 0.5) is 29.7 Å². The van der Waals surface area contributed by atoms with Crippen LogP contribution in [0.1, 0.15) is 104 Å². The molecule has 80 heavy (non-hydrogen) atoms. The molecule has 4 amide bonds. The molecule has 22 heteroatoms. The van der Waals surface area contributed by atoms with E-state index in [9.17, 15) is 28.0 Å². The number of hydrogen-bond acceptors (Lipinski definition) is 10. The van der Waals surface area contributed by atoms with E-state index in [1.165, 1.54) is 42.7 Å². The molecule has 2 aliphatic rings. The first-order valence-corrected chi connectivity index (χ1v) is 25.7. The second kappa shape index (κ2) is 24.3. The molecule has 9 aromatic rings. The number of H-pyrrole nitrogens is 1. The second-order valence-electron chi connectivity index (χ2n) is 18.7. The molecular weight excluding hydrogens is 1070 g/mol. The van der Waals surface area contributed by atoms with Crippen molar-refractivity contribution in [2.45, 2.75) is 63.9 Å². The van der Waals surface area contributed by atoms with Gasteiger partial charge >= 0.3 is 12.2 Å². The third-order valence-electron chi connectivity index (χ3n) is 13.7. The molecule has 18 nitrogen and oxygen atoms in total. The minimum Gasteiger partial charge on any atom is -0.441 e. The van der Waals surface area contributed by atoms with Gasteiger partial charge in [0.1, 0.15) is 41.2 Å². The van der Waals surface area contributed by atoms with Crippen molar-refractivity contribution in [2.75, 3.05) is 10.6 Å². The van der Waals surface area contributed by atoms with Gasteiger partial charge in [0.25, 0.3) is 11.8 Å². The van der Waals surface area contributed by atoms with E-state index in [0.717, 1.165) is 38.9 Å². The lowest BCUT2D eigenvalue weighted by atomic mass is 9.77. The van der Waals surface area contributed by atoms with Gasteiger partial charge in [-0.1, -0.05) is 122 Å². The van der Waals surface area contributed by atoms with Crippen LogP contribution in [-0.2, 0) is 55.2 Å². The summed E-state index contributed by atoms with van der Waals surface area (Å²) >= 11 is 11.7. The summed E-state index contributed by atoms with van der Waals surface area (Å²) in [5.41, 5.74) is 7.24. The standard InChI is InChI=1S/C38H32ClFN6O3.C19H18ClFN6O3.CH4/c1-45-22-30-29(35(45)36(47)42-28-17-19-32(40)31(39)21-28)18-20-33(30)43-37(48)49-23-34-41-24-46(44-34)38(25-11-5-2-6-12-25,26-13-7-3-8-14-26)27-15-9-4-10-16-27;1-27-7-12-11(17(27)18(28)24-10-2-4-14(21)13(20)6-10)3-5-15(12)25-19(29)30-8-16-22-9-23-26-16;/h2-17,19,21-22,24,33H,18,20,23H2,1H3,(H,42,47)(H,43,48);2,4,6-7,9,15H,3,5,8H2,1H3,(H,24,28)(H,25,29)(H,22,23,26);1H4. The predicted octanol–water partition coefficient (Wildman–Crippen LogP) is 11.2. The van der Waals surface area contributed by atoms with Gasteiger partial charge in [-0.05, 0) is 101 Å². The molecule has 0 saturated carbocycles. The lowest BCUT2D eigenvalue weighted by Crippen LogP contribution is -2.38. The van der Waals surface area contributed by atoms with Gasteiger partial charge in [-0.2, -0.15) is 10.2 Å². The van der Waals surface area contributed by atoms with E-state index in [1.54, 1.807) is 29.6 Å². The number of hydrogen-bond donors (Lipinski definition) is 5. The quantitative estimate of drug-likeness (QED) is 0.0649. The number of aromatic amines is 1. The summed E-state index contributed by atoms with van der Waals surface area (Å²) < 4.78 is 42.9. The fourth-order valence-corrected chi connectivity index (χ4v) is 10.6. The van der Waals surface area contributed by atoms with Gasteiger partial charge in [-0.15, -0.1) is 0 Å². The molecule has 0 bridgehead atoms. The summed E-state index contributed by atoms with van der Waals surface area (Å²) in [6, 6.07) is 37.7. The first-order valence-electron chi connectivity index (χ1n) is 24.9. The monoisotopic (exact) mass is 1120 g/mol. The number of nitrogens with zero attached hydrogens (tertiary/aromatic N) is 7. The molecule has 5 N–H and O–H groups in total. The molecule has 4 heterocycles. The summed E-state index contributed by atoms with van der Waals surface area (Å²) in [6.07, 6.45) is 7.90. The maximum Gasteiger partial charge on any atom is 0.408 e. The summed E-state index contributed by atoms with van der Waals surface area (Å²) in [7, 11) is 3.52. The average Bonchev–Trinajstić information content (AvgIpc) is 4.34. The number of benzene rings is 5. The molecule has 2 atom stereocenters. The summed E-state index contributed by atoms with van der Waals surface area (Å²) in [4.78, 5) is 59.6. The SMILES string of the molecule is C.Cn1cc2c(c1C(=O)Nc1ccc(F)c(Cl)c1)CCC2NC(=O)OCc1ncn(C(c2ccccc2)(c2ccccc2)c2ccccc2)n1.Cn1cc2c(c1C(=O)Nc1ccc(F)c(Cl)c1)CCC2NC(=O)OCc1ncn[nH]1. The van der Waals surface area contributed by atoms with Crippen molar-refractivity contribution in [2.24, 2.45) is 14.1 Å². The van der Waals surface area contributed by atoms with E-state index in [-0.39, 0.29) is 54.6 Å². The van der Waals surface area contributed by atoms with Gasteiger partial charge in [0.05, 0.1) is 22.1 Å². The molecule has 0 fully saturated rings. The Balaban J connectivity index is 0.000000214. The number of nitrogens with one attached hydrogen (secondary N) is 5. The Kier molecular flexibility index (Phi) is 16.9. The second-order valence-corrected chi connectivity index (χ2v) is 19.5. The van der Waals surface area contributed by atoms with Gasteiger partial charge < -0.3 is 39.9 Å². The van der Waals surface area contributed by atoms with Gasteiger partial charge in [0, 0.05) is 37.9 Å². The number of fused-ring (bicyclic) bond motifs is 2. The highest BCUT2D eigenvalue weighted by Gasteiger charge is 2.40. The molecule has 0 aliphatic heterocycles. The molecule has 2 aliphatic carbocycles. The van der Waals surface area contributed by atoms with Crippen LogP contribution >= 0.6 is 23.2 Å². The number of aromatic nitrogens is 8. The Labute approximate surface area is 468 Å². The highest BCUT2D eigenvalue weighted by molar-refractivity contribution is 6.31. The van der Waals surface area contributed by atoms with E-state index < -0.39 is 29.4 Å². The number of anilines is 2. The van der Waals surface area contributed by atoms with Crippen LogP contribution in [-0.4, -0.2) is 63.1 Å². The summed E-state index contributed by atoms with van der Waals surface area (Å²) in [6.45, 7) is -0.163. The Morgan fingerprint density at radius 1 is 0.650 bits per heavy atom. The van der Waals surface area contributed by atoms with Gasteiger partial charge in [0.2, 0.25) is 0 Å². The highest BCUT2D eigenvalue weighted by atomic mass is 35.5. The van der Waals surface area contributed by atoms with E-state index in [4.69, 9.17) is 37.8 Å². The summed E-state index contributed by atoms with van der Waals surface area (Å²) in [5.74, 6) is -1.03. The number of carbonyl (C=O) groups is 4. The van der Waals surface area contributed by atoms with E-state index in [1.807, 2.05) is 71.7 Å². The average molecular weight is 1120 g/mol. The van der Waals surface area contributed by atoms with Gasteiger partial charge in [0.15, 0.2) is 24.9 Å². The lowest BCUT2D eigenvalue weighted by molar-refractivity contribution is 0.101. The zero-order chi connectivity index (χ0) is 55.2. The third-order valence-corrected chi connectivity index (χ3v) is 14.3. The minimum atomic E-state index is -0.836. The topological polar surface area (TPSA) is 217 Å². The number of rotatable bonds is 14. The van der Waals surface area contributed by atoms with Gasteiger partial charge in [-0.3, -0.25) is 14.7 Å². The van der Waals surface area contributed by atoms with Crippen molar-refractivity contribution < 1.29 is 37.4 Å². The van der Waals surface area contributed by atoms with Gasteiger partial charge in [-0.25, -0.2) is 33.0 Å². The molecule has 0 spiro atoms. The van der Waals surface area contributed by atoms with Crippen LogP contribution < -0.4 is 21.3 Å². The lowest BCUT2D eigenvalue weighted by Gasteiger charge is -2.35. The Morgan fingerprint density at radius 3 is 1.52 bits per heavy atom. The van der Waals surface area contributed by atoms with E-state index in [2.05, 4.69) is 77.8 Å².